The first-order valence-electron chi connectivity index (χ1n) is 5.64. The lowest BCUT2D eigenvalue weighted by atomic mass is 8.92. The van der Waals surface area contributed by atoms with Gasteiger partial charge in [-0.15, -0.1) is 0 Å². The Morgan fingerprint density at radius 2 is 1.31 bits per heavy atom. The zero-order valence-electron chi connectivity index (χ0n) is 8.54. The summed E-state index contributed by atoms with van der Waals surface area (Å²) in [4.78, 5) is 27.2. The molecule has 0 aromatic carbocycles. The summed E-state index contributed by atoms with van der Waals surface area (Å²) in [5, 5.41) is 8.51. The summed E-state index contributed by atoms with van der Waals surface area (Å²) in [5.74, 6) is 1.39. The highest BCUT2D eigenvalue weighted by Gasteiger charge is 3.14. The highest BCUT2D eigenvalue weighted by Crippen LogP contribution is 3.10. The molecule has 84 valence electrons. The second kappa shape index (κ2) is 1.70. The van der Waals surface area contributed by atoms with Gasteiger partial charge in [-0.05, 0) is 35.5 Å². The van der Waals surface area contributed by atoms with Gasteiger partial charge in [-0.25, -0.2) is 4.79 Å². The third kappa shape index (κ3) is 0.326. The number of hydrogen-bond acceptors (Lipinski definition) is 5. The predicted molar refractivity (Wildman–Crippen MR) is 46.5 cm³/mol. The SMILES string of the molecule is COC(=O)C12C3C4C1C1C2C3C41C(=O)OO. The van der Waals surface area contributed by atoms with Crippen LogP contribution in [0.2, 0.25) is 0 Å². The van der Waals surface area contributed by atoms with Gasteiger partial charge in [0.25, 0.3) is 0 Å². The smallest absolute Gasteiger partial charge is 0.349 e. The third-order valence-electron chi connectivity index (χ3n) is 6.61. The van der Waals surface area contributed by atoms with Gasteiger partial charge in [0.2, 0.25) is 0 Å². The molecule has 5 nitrogen and oxygen atoms in total. The first-order chi connectivity index (χ1) is 7.69. The third-order valence-corrected chi connectivity index (χ3v) is 6.61. The maximum absolute atomic E-state index is 11.8. The lowest BCUT2D eigenvalue weighted by molar-refractivity contribution is -0.630. The van der Waals surface area contributed by atoms with Gasteiger partial charge in [-0.1, -0.05) is 0 Å². The number of carbonyl (C=O) groups excluding carboxylic acids is 2. The summed E-state index contributed by atoms with van der Waals surface area (Å²) < 4.78 is 4.88. The molecule has 6 aliphatic carbocycles. The molecule has 6 aliphatic rings. The summed E-state index contributed by atoms with van der Waals surface area (Å²) in [6, 6.07) is 0. The molecule has 0 radical (unpaired) electrons. The fourth-order valence-corrected chi connectivity index (χ4v) is 6.60. The van der Waals surface area contributed by atoms with Crippen LogP contribution in [0.25, 0.3) is 0 Å². The highest BCUT2D eigenvalue weighted by molar-refractivity contribution is 5.96. The molecule has 16 heavy (non-hydrogen) atoms. The van der Waals surface area contributed by atoms with Crippen molar-refractivity contribution in [2.24, 2.45) is 46.3 Å². The average Bonchev–Trinajstić information content (AvgIpc) is 2.36. The van der Waals surface area contributed by atoms with Crippen molar-refractivity contribution in [2.75, 3.05) is 7.11 Å². The quantitative estimate of drug-likeness (QED) is 0.401. The summed E-state index contributed by atoms with van der Waals surface area (Å²) >= 11 is 0. The number of carbonyl (C=O) groups is 2. The zero-order valence-corrected chi connectivity index (χ0v) is 8.54. The van der Waals surface area contributed by atoms with Gasteiger partial charge in [0.05, 0.1) is 17.9 Å². The zero-order chi connectivity index (χ0) is 11.0. The Morgan fingerprint density at radius 1 is 0.938 bits per heavy atom. The maximum atomic E-state index is 11.8. The van der Waals surface area contributed by atoms with Crippen LogP contribution < -0.4 is 0 Å². The standard InChI is InChI=1S/C11H10O5/c1-15-8(12)10-2-5-3(10)7-4(10)6(2)11(5,7)9(13)16-14/h2-7,14H,1H3. The van der Waals surface area contributed by atoms with Crippen LogP contribution in [0.4, 0.5) is 0 Å². The Hall–Kier alpha value is -1.10. The van der Waals surface area contributed by atoms with E-state index in [1.165, 1.54) is 7.11 Å². The summed E-state index contributed by atoms with van der Waals surface area (Å²) in [5.41, 5.74) is -0.600. The molecule has 0 aliphatic heterocycles. The van der Waals surface area contributed by atoms with Gasteiger partial charge >= 0.3 is 11.9 Å². The summed E-state index contributed by atoms with van der Waals surface area (Å²) in [6.07, 6.45) is 0. The van der Waals surface area contributed by atoms with Crippen LogP contribution in [0.3, 0.4) is 0 Å². The maximum Gasteiger partial charge on any atom is 0.349 e. The second-order valence-electron chi connectivity index (χ2n) is 5.89. The fourth-order valence-electron chi connectivity index (χ4n) is 6.60. The molecule has 0 heterocycles. The van der Waals surface area contributed by atoms with E-state index in [9.17, 15) is 9.59 Å². The van der Waals surface area contributed by atoms with Crippen molar-refractivity contribution in [3.05, 3.63) is 0 Å². The molecule has 0 aromatic heterocycles. The van der Waals surface area contributed by atoms with E-state index in [-0.39, 0.29) is 16.8 Å². The van der Waals surface area contributed by atoms with E-state index in [4.69, 9.17) is 9.99 Å². The van der Waals surface area contributed by atoms with Gasteiger partial charge in [0.1, 0.15) is 0 Å². The molecule has 0 unspecified atom stereocenters. The van der Waals surface area contributed by atoms with Crippen molar-refractivity contribution >= 4 is 11.9 Å². The van der Waals surface area contributed by atoms with E-state index in [1.54, 1.807) is 0 Å². The Labute approximate surface area is 90.6 Å². The van der Waals surface area contributed by atoms with Gasteiger partial charge in [0.15, 0.2) is 0 Å². The van der Waals surface area contributed by atoms with Crippen molar-refractivity contribution in [2.45, 2.75) is 0 Å². The van der Waals surface area contributed by atoms with E-state index in [0.29, 0.717) is 35.5 Å². The van der Waals surface area contributed by atoms with Gasteiger partial charge < -0.3 is 9.62 Å². The largest absolute Gasteiger partial charge is 0.469 e. The van der Waals surface area contributed by atoms with Crippen LogP contribution >= 0.6 is 0 Å². The van der Waals surface area contributed by atoms with Crippen molar-refractivity contribution in [1.82, 2.24) is 0 Å². The van der Waals surface area contributed by atoms with Crippen molar-refractivity contribution < 1.29 is 24.5 Å². The molecule has 6 rings (SSSR count). The molecule has 0 bridgehead atoms. The van der Waals surface area contributed by atoms with E-state index >= 15 is 0 Å². The molecule has 1 N–H and O–H groups in total. The van der Waals surface area contributed by atoms with Crippen LogP contribution in [0.1, 0.15) is 0 Å². The minimum absolute atomic E-state index is 0.0816. The number of rotatable bonds is 2. The Balaban J connectivity index is 1.54. The Morgan fingerprint density at radius 3 is 1.62 bits per heavy atom. The molecule has 5 heteroatoms. The lowest BCUT2D eigenvalue weighted by Gasteiger charge is -3.08. The average molecular weight is 222 g/mol. The van der Waals surface area contributed by atoms with Crippen molar-refractivity contribution in [1.29, 1.82) is 0 Å². The Bertz CT molecular complexity index is 383. The fraction of sp³-hybridized carbons (Fsp3) is 0.818. The van der Waals surface area contributed by atoms with Crippen molar-refractivity contribution in [3.63, 3.8) is 0 Å². The monoisotopic (exact) mass is 222 g/mol. The van der Waals surface area contributed by atoms with Gasteiger partial charge in [-0.3, -0.25) is 4.79 Å². The number of esters is 1. The first-order valence-corrected chi connectivity index (χ1v) is 5.64. The first kappa shape index (κ1) is 8.06. The minimum Gasteiger partial charge on any atom is -0.469 e. The second-order valence-corrected chi connectivity index (χ2v) is 5.89. The van der Waals surface area contributed by atoms with Gasteiger partial charge in [-0.2, -0.15) is 5.26 Å². The van der Waals surface area contributed by atoms with Gasteiger partial charge in [0, 0.05) is 0 Å². The Kier molecular flexibility index (Phi) is 0.856. The number of hydrogen-bond donors (Lipinski definition) is 1. The predicted octanol–water partition coefficient (Wildman–Crippen LogP) is -0.0864. The summed E-state index contributed by atoms with van der Waals surface area (Å²) in [6.45, 7) is 0. The van der Waals surface area contributed by atoms with E-state index < -0.39 is 5.97 Å². The highest BCUT2D eigenvalue weighted by atomic mass is 17.1. The molecule has 0 saturated heterocycles. The van der Waals surface area contributed by atoms with E-state index in [2.05, 4.69) is 4.89 Å². The van der Waals surface area contributed by atoms with E-state index in [0.717, 1.165) is 0 Å². The molecule has 6 saturated carbocycles. The van der Waals surface area contributed by atoms with Crippen LogP contribution in [0, 0.1) is 46.3 Å². The normalized spacial score (nSPS) is 68.4. The summed E-state index contributed by atoms with van der Waals surface area (Å²) in [7, 11) is 1.43. The molecule has 6 fully saturated rings. The number of methoxy groups -OCH3 is 1. The molecule has 0 amide bonds. The molecule has 0 aromatic rings. The topological polar surface area (TPSA) is 72.8 Å². The molecule has 0 spiro atoms. The molecular weight excluding hydrogens is 212 g/mol. The minimum atomic E-state index is -0.464. The molecular formula is C11H10O5. The van der Waals surface area contributed by atoms with Crippen molar-refractivity contribution in [3.8, 4) is 0 Å². The van der Waals surface area contributed by atoms with Crippen LogP contribution in [-0.4, -0.2) is 24.3 Å². The number of ether oxygens (including phenoxy) is 1. The van der Waals surface area contributed by atoms with Crippen LogP contribution in [0.5, 0.6) is 0 Å². The van der Waals surface area contributed by atoms with Crippen LogP contribution in [0.15, 0.2) is 0 Å². The van der Waals surface area contributed by atoms with Crippen LogP contribution in [-0.2, 0) is 19.2 Å². The lowest BCUT2D eigenvalue weighted by Crippen LogP contribution is -3.12. The molecule has 0 atom stereocenters. The van der Waals surface area contributed by atoms with E-state index in [1.807, 2.05) is 0 Å².